The van der Waals surface area contributed by atoms with Crippen molar-refractivity contribution in [3.8, 4) is 5.75 Å². The first-order chi connectivity index (χ1) is 12.8. The van der Waals surface area contributed by atoms with Gasteiger partial charge in [0.15, 0.2) is 6.61 Å². The third kappa shape index (κ3) is 5.68. The Hall–Kier alpha value is -3.13. The number of amides is 2. The molecule has 0 spiro atoms. The molecule has 9 heteroatoms. The van der Waals surface area contributed by atoms with Gasteiger partial charge in [0.05, 0.1) is 18.4 Å². The average Bonchev–Trinajstić information content (AvgIpc) is 2.61. The summed E-state index contributed by atoms with van der Waals surface area (Å²) >= 11 is 5.72. The molecule has 2 aromatic rings. The first-order valence-corrected chi connectivity index (χ1v) is 8.05. The topological polar surface area (TPSA) is 93.7 Å². The highest BCUT2D eigenvalue weighted by Crippen LogP contribution is 2.27. The van der Waals surface area contributed by atoms with Crippen molar-refractivity contribution in [2.24, 2.45) is 0 Å². The molecule has 0 radical (unpaired) electrons. The predicted molar refractivity (Wildman–Crippen MR) is 97.6 cm³/mol. The number of hydrogen-bond acceptors (Lipinski definition) is 5. The van der Waals surface area contributed by atoms with Gasteiger partial charge in [0.2, 0.25) is 5.91 Å². The average molecular weight is 395 g/mol. The fourth-order valence-electron chi connectivity index (χ4n) is 2.14. The molecule has 0 aromatic heterocycles. The van der Waals surface area contributed by atoms with Gasteiger partial charge in [-0.1, -0.05) is 11.6 Å². The lowest BCUT2D eigenvalue weighted by Crippen LogP contribution is -2.21. The lowest BCUT2D eigenvalue weighted by atomic mass is 10.2. The summed E-state index contributed by atoms with van der Waals surface area (Å²) in [5.74, 6) is -2.46. The summed E-state index contributed by atoms with van der Waals surface area (Å²) in [6.07, 6.45) is 0. The number of ether oxygens (including phenoxy) is 2. The van der Waals surface area contributed by atoms with Crippen molar-refractivity contribution in [3.05, 3.63) is 52.8 Å². The quantitative estimate of drug-likeness (QED) is 0.733. The number of anilines is 2. The predicted octanol–water partition coefficient (Wildman–Crippen LogP) is 3.24. The van der Waals surface area contributed by atoms with E-state index in [9.17, 15) is 18.8 Å². The highest BCUT2D eigenvalue weighted by molar-refractivity contribution is 6.30. The first kappa shape index (κ1) is 20.2. The maximum atomic E-state index is 13.6. The second-order valence-electron chi connectivity index (χ2n) is 5.34. The molecule has 0 saturated heterocycles. The molecule has 0 aliphatic carbocycles. The number of methoxy groups -OCH3 is 1. The maximum Gasteiger partial charge on any atom is 0.341 e. The van der Waals surface area contributed by atoms with Crippen LogP contribution in [0.25, 0.3) is 0 Å². The number of benzene rings is 2. The van der Waals surface area contributed by atoms with E-state index in [2.05, 4.69) is 10.6 Å². The molecule has 7 nitrogen and oxygen atoms in total. The summed E-state index contributed by atoms with van der Waals surface area (Å²) in [7, 11) is 1.41. The van der Waals surface area contributed by atoms with E-state index in [0.717, 1.165) is 12.1 Å². The minimum absolute atomic E-state index is 0.160. The van der Waals surface area contributed by atoms with E-state index in [0.29, 0.717) is 11.4 Å². The molecule has 0 fully saturated rings. The summed E-state index contributed by atoms with van der Waals surface area (Å²) < 4.78 is 23.6. The molecular weight excluding hydrogens is 379 g/mol. The van der Waals surface area contributed by atoms with Crippen LogP contribution in [0.4, 0.5) is 15.8 Å². The Bertz CT molecular complexity index is 888. The molecule has 142 valence electrons. The molecule has 0 heterocycles. The van der Waals surface area contributed by atoms with Gasteiger partial charge in [-0.05, 0) is 36.4 Å². The standard InChI is InChI=1S/C18H16ClFN2O5/c1-10(23)21-12-4-6-16(26-2)15(8-12)22-17(24)9-27-18(25)13-7-11(19)3-5-14(13)20/h3-8H,9H2,1-2H3,(H,21,23)(H,22,24). The van der Waals surface area contributed by atoms with E-state index in [1.54, 1.807) is 12.1 Å². The van der Waals surface area contributed by atoms with E-state index in [-0.39, 0.29) is 22.2 Å². The third-order valence-corrected chi connectivity index (χ3v) is 3.51. The van der Waals surface area contributed by atoms with Gasteiger partial charge in [-0.2, -0.15) is 0 Å². The Morgan fingerprint density at radius 1 is 1.11 bits per heavy atom. The van der Waals surface area contributed by atoms with Crippen LogP contribution in [0.15, 0.2) is 36.4 Å². The van der Waals surface area contributed by atoms with Crippen LogP contribution in [0.3, 0.4) is 0 Å². The van der Waals surface area contributed by atoms with Crippen molar-refractivity contribution < 1.29 is 28.2 Å². The van der Waals surface area contributed by atoms with E-state index < -0.39 is 24.3 Å². The lowest BCUT2D eigenvalue weighted by Gasteiger charge is -2.12. The molecule has 2 rings (SSSR count). The number of halogens is 2. The summed E-state index contributed by atoms with van der Waals surface area (Å²) in [5.41, 5.74) is 0.330. The zero-order chi connectivity index (χ0) is 20.0. The van der Waals surface area contributed by atoms with Crippen molar-refractivity contribution in [3.63, 3.8) is 0 Å². The summed E-state index contributed by atoms with van der Waals surface area (Å²) in [6, 6.07) is 8.05. The maximum absolute atomic E-state index is 13.6. The Morgan fingerprint density at radius 3 is 2.52 bits per heavy atom. The largest absolute Gasteiger partial charge is 0.495 e. The Labute approximate surface area is 159 Å². The number of carbonyl (C=O) groups excluding carboxylic acids is 3. The summed E-state index contributed by atoms with van der Waals surface area (Å²) in [5, 5.41) is 5.22. The highest BCUT2D eigenvalue weighted by Gasteiger charge is 2.16. The highest BCUT2D eigenvalue weighted by atomic mass is 35.5. The van der Waals surface area contributed by atoms with Crippen LogP contribution in [0.5, 0.6) is 5.75 Å². The number of hydrogen-bond donors (Lipinski definition) is 2. The second kappa shape index (κ2) is 9.00. The molecule has 0 unspecified atom stereocenters. The molecular formula is C18H16ClFN2O5. The van der Waals surface area contributed by atoms with Crippen molar-refractivity contribution in [1.29, 1.82) is 0 Å². The van der Waals surface area contributed by atoms with Crippen molar-refractivity contribution in [2.75, 3.05) is 24.4 Å². The molecule has 0 bridgehead atoms. The number of rotatable bonds is 6. The van der Waals surface area contributed by atoms with Crippen molar-refractivity contribution in [1.82, 2.24) is 0 Å². The molecule has 0 aliphatic rings. The van der Waals surface area contributed by atoms with Gasteiger partial charge in [0.25, 0.3) is 5.91 Å². The molecule has 0 atom stereocenters. The minimum Gasteiger partial charge on any atom is -0.495 e. The van der Waals surface area contributed by atoms with E-state index in [1.165, 1.54) is 26.2 Å². The van der Waals surface area contributed by atoms with Gasteiger partial charge in [-0.25, -0.2) is 9.18 Å². The Balaban J connectivity index is 2.03. The molecule has 0 aliphatic heterocycles. The van der Waals surface area contributed by atoms with Gasteiger partial charge >= 0.3 is 5.97 Å². The zero-order valence-electron chi connectivity index (χ0n) is 14.5. The van der Waals surface area contributed by atoms with Crippen molar-refractivity contribution >= 4 is 40.8 Å². The van der Waals surface area contributed by atoms with Gasteiger partial charge in [0, 0.05) is 17.6 Å². The Morgan fingerprint density at radius 2 is 1.85 bits per heavy atom. The third-order valence-electron chi connectivity index (χ3n) is 3.28. The van der Waals surface area contributed by atoms with Crippen LogP contribution in [-0.4, -0.2) is 31.5 Å². The lowest BCUT2D eigenvalue weighted by molar-refractivity contribution is -0.119. The minimum atomic E-state index is -1.02. The summed E-state index contributed by atoms with van der Waals surface area (Å²) in [6.45, 7) is 0.690. The van der Waals surface area contributed by atoms with Crippen LogP contribution in [0.1, 0.15) is 17.3 Å². The first-order valence-electron chi connectivity index (χ1n) is 7.68. The van der Waals surface area contributed by atoms with E-state index >= 15 is 0 Å². The zero-order valence-corrected chi connectivity index (χ0v) is 15.2. The van der Waals surface area contributed by atoms with Crippen LogP contribution >= 0.6 is 11.6 Å². The number of carbonyl (C=O) groups is 3. The normalized spacial score (nSPS) is 10.1. The molecule has 27 heavy (non-hydrogen) atoms. The van der Waals surface area contributed by atoms with Gasteiger partial charge in [-0.3, -0.25) is 9.59 Å². The van der Waals surface area contributed by atoms with Crippen LogP contribution in [0, 0.1) is 5.82 Å². The molecule has 0 saturated carbocycles. The molecule has 2 aromatic carbocycles. The summed E-state index contributed by atoms with van der Waals surface area (Å²) in [4.78, 5) is 35.1. The second-order valence-corrected chi connectivity index (χ2v) is 5.78. The van der Waals surface area contributed by atoms with Gasteiger partial charge in [0.1, 0.15) is 11.6 Å². The van der Waals surface area contributed by atoms with Gasteiger partial charge in [-0.15, -0.1) is 0 Å². The van der Waals surface area contributed by atoms with Crippen LogP contribution in [-0.2, 0) is 14.3 Å². The number of nitrogens with one attached hydrogen (secondary N) is 2. The van der Waals surface area contributed by atoms with Crippen molar-refractivity contribution in [2.45, 2.75) is 6.92 Å². The number of esters is 1. The van der Waals surface area contributed by atoms with Crippen LogP contribution in [0.2, 0.25) is 5.02 Å². The van der Waals surface area contributed by atoms with E-state index in [1.807, 2.05) is 0 Å². The molecule has 2 N–H and O–H groups in total. The molecule has 2 amide bonds. The van der Waals surface area contributed by atoms with E-state index in [4.69, 9.17) is 21.1 Å². The monoisotopic (exact) mass is 394 g/mol. The fourth-order valence-corrected chi connectivity index (χ4v) is 2.31. The fraction of sp³-hybridized carbons (Fsp3) is 0.167. The van der Waals surface area contributed by atoms with Gasteiger partial charge < -0.3 is 20.1 Å². The Kier molecular flexibility index (Phi) is 6.73. The van der Waals surface area contributed by atoms with Crippen LogP contribution < -0.4 is 15.4 Å². The smallest absolute Gasteiger partial charge is 0.341 e. The SMILES string of the molecule is COc1ccc(NC(C)=O)cc1NC(=O)COC(=O)c1cc(Cl)ccc1F.